The van der Waals surface area contributed by atoms with E-state index in [0.717, 1.165) is 49.7 Å². The molecule has 0 saturated heterocycles. The summed E-state index contributed by atoms with van der Waals surface area (Å²) >= 11 is 0. The van der Waals surface area contributed by atoms with Crippen molar-refractivity contribution in [1.82, 2.24) is 21.3 Å². The van der Waals surface area contributed by atoms with Gasteiger partial charge in [-0.25, -0.2) is 9.59 Å². The molecule has 42 heavy (non-hydrogen) atoms. The van der Waals surface area contributed by atoms with E-state index >= 15 is 0 Å². The van der Waals surface area contributed by atoms with Gasteiger partial charge in [0.05, 0.1) is 0 Å². The lowest BCUT2D eigenvalue weighted by molar-refractivity contribution is -0.130. The predicted octanol–water partition coefficient (Wildman–Crippen LogP) is 3.98. The molecule has 0 aliphatic heterocycles. The quantitative estimate of drug-likeness (QED) is 0.179. The lowest BCUT2D eigenvalue weighted by Gasteiger charge is -2.25. The fourth-order valence-corrected chi connectivity index (χ4v) is 4.34. The summed E-state index contributed by atoms with van der Waals surface area (Å²) < 4.78 is 5.40. The highest BCUT2D eigenvalue weighted by atomic mass is 16.6. The SMILES string of the molecule is CC(C)(C)OC(=O)N[C@@H](Cc1ccccc1)C(=O)N[C@H](Cc1ccccc1)C(=O)NCCCCCCCCNC(N)=O. The van der Waals surface area contributed by atoms with E-state index in [9.17, 15) is 19.2 Å². The lowest BCUT2D eigenvalue weighted by atomic mass is 10.0. The third-order valence-electron chi connectivity index (χ3n) is 6.41. The number of rotatable bonds is 17. The van der Waals surface area contributed by atoms with Crippen LogP contribution in [0.15, 0.2) is 60.7 Å². The van der Waals surface area contributed by atoms with Crippen molar-refractivity contribution in [2.24, 2.45) is 5.73 Å². The van der Waals surface area contributed by atoms with Gasteiger partial charge in [0.1, 0.15) is 17.7 Å². The molecule has 0 bridgehead atoms. The van der Waals surface area contributed by atoms with Crippen molar-refractivity contribution in [3.63, 3.8) is 0 Å². The molecule has 0 aliphatic carbocycles. The molecule has 6 N–H and O–H groups in total. The van der Waals surface area contributed by atoms with Gasteiger partial charge in [-0.15, -0.1) is 0 Å². The van der Waals surface area contributed by atoms with E-state index in [1.54, 1.807) is 20.8 Å². The molecular weight excluding hydrogens is 534 g/mol. The Hall–Kier alpha value is -4.08. The Morgan fingerprint density at radius 1 is 0.667 bits per heavy atom. The molecule has 0 aliphatic rings. The van der Waals surface area contributed by atoms with Gasteiger partial charge in [0.15, 0.2) is 0 Å². The Balaban J connectivity index is 1.98. The van der Waals surface area contributed by atoms with Crippen LogP contribution >= 0.6 is 0 Å². The van der Waals surface area contributed by atoms with Crippen LogP contribution in [0.3, 0.4) is 0 Å². The summed E-state index contributed by atoms with van der Waals surface area (Å²) in [7, 11) is 0. The molecule has 2 aromatic carbocycles. The van der Waals surface area contributed by atoms with Crippen LogP contribution < -0.4 is 27.0 Å². The number of urea groups is 1. The first-order chi connectivity index (χ1) is 20.0. The van der Waals surface area contributed by atoms with Crippen LogP contribution in [0.4, 0.5) is 9.59 Å². The monoisotopic (exact) mass is 581 g/mol. The molecular formula is C32H47N5O5. The smallest absolute Gasteiger partial charge is 0.408 e. The Bertz CT molecular complexity index is 1110. The highest BCUT2D eigenvalue weighted by molar-refractivity contribution is 5.91. The normalized spacial score (nSPS) is 12.5. The molecule has 0 heterocycles. The summed E-state index contributed by atoms with van der Waals surface area (Å²) in [5.74, 6) is -0.743. The van der Waals surface area contributed by atoms with Crippen molar-refractivity contribution in [2.75, 3.05) is 13.1 Å². The Kier molecular flexibility index (Phi) is 14.9. The molecule has 5 amide bonds. The summed E-state index contributed by atoms with van der Waals surface area (Å²) in [5, 5.41) is 11.1. The van der Waals surface area contributed by atoms with Crippen LogP contribution in [-0.2, 0) is 27.2 Å². The highest BCUT2D eigenvalue weighted by Crippen LogP contribution is 2.10. The first-order valence-corrected chi connectivity index (χ1v) is 14.7. The Labute approximate surface area is 249 Å². The number of carbonyl (C=O) groups is 4. The maximum absolute atomic E-state index is 13.5. The molecule has 10 nitrogen and oxygen atoms in total. The van der Waals surface area contributed by atoms with Crippen molar-refractivity contribution in [1.29, 1.82) is 0 Å². The van der Waals surface area contributed by atoms with Gasteiger partial charge < -0.3 is 31.7 Å². The van der Waals surface area contributed by atoms with E-state index < -0.39 is 35.7 Å². The molecule has 0 fully saturated rings. The largest absolute Gasteiger partial charge is 0.444 e. The second-order valence-electron chi connectivity index (χ2n) is 11.3. The minimum atomic E-state index is -0.938. The summed E-state index contributed by atoms with van der Waals surface area (Å²) in [6.07, 6.45) is 5.56. The van der Waals surface area contributed by atoms with Gasteiger partial charge in [-0.05, 0) is 44.7 Å². The van der Waals surface area contributed by atoms with Gasteiger partial charge in [0.25, 0.3) is 0 Å². The van der Waals surface area contributed by atoms with Crippen molar-refractivity contribution in [3.05, 3.63) is 71.8 Å². The number of primary amides is 1. The third-order valence-corrected chi connectivity index (χ3v) is 6.41. The van der Waals surface area contributed by atoms with Gasteiger partial charge in [-0.1, -0.05) is 86.3 Å². The molecule has 0 radical (unpaired) electrons. The zero-order chi connectivity index (χ0) is 30.8. The second kappa shape index (κ2) is 18.4. The van der Waals surface area contributed by atoms with Crippen LogP contribution in [0, 0.1) is 0 Å². The molecule has 0 saturated carbocycles. The minimum Gasteiger partial charge on any atom is -0.444 e. The van der Waals surface area contributed by atoms with Crippen molar-refractivity contribution < 1.29 is 23.9 Å². The number of hydrogen-bond donors (Lipinski definition) is 5. The summed E-state index contributed by atoms with van der Waals surface area (Å²) in [6.45, 7) is 6.34. The van der Waals surface area contributed by atoms with Crippen LogP contribution in [0.1, 0.15) is 70.4 Å². The van der Waals surface area contributed by atoms with E-state index in [1.165, 1.54) is 0 Å². The molecule has 0 aromatic heterocycles. The van der Waals surface area contributed by atoms with Gasteiger partial charge in [0.2, 0.25) is 11.8 Å². The molecule has 2 rings (SSSR count). The van der Waals surface area contributed by atoms with Gasteiger partial charge >= 0.3 is 12.1 Å². The standard InChI is InChI=1S/C32H47N5O5/c1-32(2,3)42-31(41)37-27(23-25-18-12-9-13-19-25)29(39)36-26(22-24-16-10-8-11-17-24)28(38)34-20-14-6-4-5-7-15-21-35-30(33)40/h8-13,16-19,26-27H,4-7,14-15,20-23H2,1-3H3,(H,34,38)(H,36,39)(H,37,41)(H3,33,35,40)/t26-,27+/m1/s1. The van der Waals surface area contributed by atoms with Crippen molar-refractivity contribution >= 4 is 23.9 Å². The molecule has 2 atom stereocenters. The van der Waals surface area contributed by atoms with Crippen LogP contribution in [0.25, 0.3) is 0 Å². The zero-order valence-electron chi connectivity index (χ0n) is 25.1. The van der Waals surface area contributed by atoms with E-state index in [2.05, 4.69) is 21.3 Å². The van der Waals surface area contributed by atoms with Gasteiger partial charge in [0, 0.05) is 25.9 Å². The molecule has 0 unspecified atom stereocenters. The number of amides is 5. The fraction of sp³-hybridized carbons (Fsp3) is 0.500. The topological polar surface area (TPSA) is 152 Å². The molecule has 230 valence electrons. The van der Waals surface area contributed by atoms with Gasteiger partial charge in [-0.2, -0.15) is 0 Å². The van der Waals surface area contributed by atoms with E-state index in [4.69, 9.17) is 10.5 Å². The average Bonchev–Trinajstić information content (AvgIpc) is 2.93. The zero-order valence-corrected chi connectivity index (χ0v) is 25.1. The molecule has 2 aromatic rings. The van der Waals surface area contributed by atoms with E-state index in [1.807, 2.05) is 60.7 Å². The lowest BCUT2D eigenvalue weighted by Crippen LogP contribution is -2.55. The second-order valence-corrected chi connectivity index (χ2v) is 11.3. The number of carbonyl (C=O) groups excluding carboxylic acids is 4. The maximum Gasteiger partial charge on any atom is 0.408 e. The van der Waals surface area contributed by atoms with Crippen molar-refractivity contribution in [2.45, 2.75) is 89.8 Å². The van der Waals surface area contributed by atoms with E-state index in [-0.39, 0.29) is 12.3 Å². The summed E-state index contributed by atoms with van der Waals surface area (Å²) in [4.78, 5) is 50.1. The average molecular weight is 582 g/mol. The number of nitrogens with two attached hydrogens (primary N) is 1. The first-order valence-electron chi connectivity index (χ1n) is 14.7. The number of hydrogen-bond acceptors (Lipinski definition) is 5. The first kappa shape index (κ1) is 34.1. The van der Waals surface area contributed by atoms with Crippen LogP contribution in [0.5, 0.6) is 0 Å². The Morgan fingerprint density at radius 3 is 1.60 bits per heavy atom. The fourth-order valence-electron chi connectivity index (χ4n) is 4.34. The van der Waals surface area contributed by atoms with Crippen molar-refractivity contribution in [3.8, 4) is 0 Å². The number of nitrogens with one attached hydrogen (secondary N) is 4. The maximum atomic E-state index is 13.5. The van der Waals surface area contributed by atoms with Crippen LogP contribution in [-0.4, -0.2) is 54.7 Å². The Morgan fingerprint density at radius 2 is 1.12 bits per heavy atom. The highest BCUT2D eigenvalue weighted by Gasteiger charge is 2.28. The van der Waals surface area contributed by atoms with E-state index in [0.29, 0.717) is 19.5 Å². The molecule has 0 spiro atoms. The predicted molar refractivity (Wildman–Crippen MR) is 164 cm³/mol. The number of benzene rings is 2. The minimum absolute atomic E-state index is 0.240. The number of ether oxygens (including phenoxy) is 1. The third kappa shape index (κ3) is 15.1. The summed E-state index contributed by atoms with van der Waals surface area (Å²) in [5.41, 5.74) is 6.10. The molecule has 10 heteroatoms. The van der Waals surface area contributed by atoms with Crippen LogP contribution in [0.2, 0.25) is 0 Å². The van der Waals surface area contributed by atoms with Gasteiger partial charge in [-0.3, -0.25) is 9.59 Å². The number of unbranched alkanes of at least 4 members (excludes halogenated alkanes) is 5. The summed E-state index contributed by atoms with van der Waals surface area (Å²) in [6, 6.07) is 16.6. The number of alkyl carbamates (subject to hydrolysis) is 1.